The molecular weight excluding hydrogens is 250 g/mol. The van der Waals surface area contributed by atoms with Crippen LogP contribution in [0.1, 0.15) is 20.3 Å². The molecule has 1 aliphatic heterocycles. The number of aliphatic hydroxyl groups excluding tert-OH is 2. The second-order valence-electron chi connectivity index (χ2n) is 4.50. The van der Waals surface area contributed by atoms with Crippen LogP contribution in [0.25, 0.3) is 0 Å². The van der Waals surface area contributed by atoms with Crippen molar-refractivity contribution in [2.75, 3.05) is 53.1 Å². The van der Waals surface area contributed by atoms with Crippen LogP contribution in [-0.4, -0.2) is 79.9 Å². The van der Waals surface area contributed by atoms with Gasteiger partial charge in [-0.05, 0) is 0 Å². The van der Waals surface area contributed by atoms with Gasteiger partial charge < -0.3 is 24.2 Å². The average molecular weight is 278 g/mol. The summed E-state index contributed by atoms with van der Waals surface area (Å²) in [4.78, 5) is 11.2. The predicted molar refractivity (Wildman–Crippen MR) is 71.6 cm³/mol. The van der Waals surface area contributed by atoms with Crippen LogP contribution in [-0.2, 0) is 14.3 Å². The molecule has 0 aliphatic carbocycles. The Hall–Kier alpha value is -0.690. The zero-order chi connectivity index (χ0) is 14.7. The van der Waals surface area contributed by atoms with E-state index in [1.165, 1.54) is 7.11 Å². The highest BCUT2D eigenvalue weighted by molar-refractivity contribution is 5.69. The number of aliphatic hydroxyl groups is 2. The molecule has 1 heterocycles. The highest BCUT2D eigenvalue weighted by Crippen LogP contribution is 2.14. The molecule has 6 heteroatoms. The van der Waals surface area contributed by atoms with Crippen molar-refractivity contribution < 1.29 is 29.0 Å². The lowest BCUT2D eigenvalue weighted by Gasteiger charge is -2.37. The van der Waals surface area contributed by atoms with Crippen molar-refractivity contribution in [3.05, 3.63) is 0 Å². The Morgan fingerprint density at radius 2 is 2.11 bits per heavy atom. The molecule has 1 rings (SSSR count). The molecule has 2 unspecified atom stereocenters. The van der Waals surface area contributed by atoms with Gasteiger partial charge in [0, 0.05) is 7.11 Å². The Labute approximate surface area is 115 Å². The quantitative estimate of drug-likeness (QED) is 0.519. The summed E-state index contributed by atoms with van der Waals surface area (Å²) in [5.74, 6) is -0.204. The van der Waals surface area contributed by atoms with Crippen LogP contribution in [0.2, 0.25) is 0 Å². The molecule has 0 saturated carbocycles. The van der Waals surface area contributed by atoms with Crippen LogP contribution in [0.4, 0.5) is 0 Å². The number of rotatable bonds is 6. The van der Waals surface area contributed by atoms with E-state index >= 15 is 0 Å². The van der Waals surface area contributed by atoms with Crippen molar-refractivity contribution in [3.8, 4) is 0 Å². The Bertz CT molecular complexity index is 249. The van der Waals surface area contributed by atoms with E-state index in [0.29, 0.717) is 43.7 Å². The van der Waals surface area contributed by atoms with Crippen LogP contribution < -0.4 is 0 Å². The van der Waals surface area contributed by atoms with Gasteiger partial charge in [-0.1, -0.05) is 13.8 Å². The summed E-state index contributed by atoms with van der Waals surface area (Å²) in [6.07, 6.45) is -0.251. The monoisotopic (exact) mass is 278 g/mol. The number of carbonyl (C=O) groups is 1. The van der Waals surface area contributed by atoms with Crippen molar-refractivity contribution >= 4 is 5.97 Å². The van der Waals surface area contributed by atoms with Gasteiger partial charge in [0.15, 0.2) is 0 Å². The van der Waals surface area contributed by atoms with Crippen LogP contribution in [0.5, 0.6) is 0 Å². The van der Waals surface area contributed by atoms with Crippen molar-refractivity contribution in [2.24, 2.45) is 0 Å². The van der Waals surface area contributed by atoms with Gasteiger partial charge in [0.25, 0.3) is 0 Å². The summed E-state index contributed by atoms with van der Waals surface area (Å²) < 4.78 is 10.4. The lowest BCUT2D eigenvalue weighted by Crippen LogP contribution is -2.55. The fourth-order valence-electron chi connectivity index (χ4n) is 2.27. The maximum Gasteiger partial charge on any atom is 0.311 e. The SMILES string of the molecule is CC.COCC(O)C[N+]1(CCO)CCOC(=O)CC1. The van der Waals surface area contributed by atoms with Crippen molar-refractivity contribution in [1.29, 1.82) is 0 Å². The van der Waals surface area contributed by atoms with E-state index < -0.39 is 6.10 Å². The van der Waals surface area contributed by atoms with Crippen molar-refractivity contribution in [3.63, 3.8) is 0 Å². The molecule has 1 saturated heterocycles. The van der Waals surface area contributed by atoms with E-state index in [1.54, 1.807) is 0 Å². The van der Waals surface area contributed by atoms with Gasteiger partial charge in [0.05, 0.1) is 26.2 Å². The third kappa shape index (κ3) is 6.87. The van der Waals surface area contributed by atoms with Gasteiger partial charge in [0.2, 0.25) is 0 Å². The molecule has 0 amide bonds. The molecule has 0 aromatic carbocycles. The zero-order valence-corrected chi connectivity index (χ0v) is 12.3. The largest absolute Gasteiger partial charge is 0.460 e. The zero-order valence-electron chi connectivity index (χ0n) is 12.3. The lowest BCUT2D eigenvalue weighted by molar-refractivity contribution is -0.929. The van der Waals surface area contributed by atoms with Gasteiger partial charge in [-0.2, -0.15) is 0 Å². The number of hydrogen-bond donors (Lipinski definition) is 2. The minimum Gasteiger partial charge on any atom is -0.460 e. The number of hydrogen-bond acceptors (Lipinski definition) is 5. The van der Waals surface area contributed by atoms with Crippen LogP contribution in [0, 0.1) is 0 Å². The molecule has 1 fully saturated rings. The summed E-state index contributed by atoms with van der Waals surface area (Å²) in [7, 11) is 1.54. The molecule has 19 heavy (non-hydrogen) atoms. The third-order valence-electron chi connectivity index (χ3n) is 3.15. The maximum absolute atomic E-state index is 11.2. The molecule has 2 atom stereocenters. The van der Waals surface area contributed by atoms with E-state index in [4.69, 9.17) is 14.6 Å². The summed E-state index contributed by atoms with van der Waals surface area (Å²) in [5, 5.41) is 18.9. The predicted octanol–water partition coefficient (Wildman–Crippen LogP) is -0.224. The topological polar surface area (TPSA) is 76.0 Å². The summed E-state index contributed by atoms with van der Waals surface area (Å²) in [5.41, 5.74) is 0. The Morgan fingerprint density at radius 3 is 2.68 bits per heavy atom. The lowest BCUT2D eigenvalue weighted by atomic mass is 10.2. The molecule has 1 aliphatic rings. The van der Waals surface area contributed by atoms with E-state index in [9.17, 15) is 9.90 Å². The Kier molecular flexibility index (Phi) is 9.77. The molecule has 2 N–H and O–H groups in total. The first-order valence-electron chi connectivity index (χ1n) is 6.90. The van der Waals surface area contributed by atoms with Gasteiger partial charge in [-0.15, -0.1) is 0 Å². The van der Waals surface area contributed by atoms with Gasteiger partial charge >= 0.3 is 5.97 Å². The second-order valence-corrected chi connectivity index (χ2v) is 4.50. The molecule has 0 aromatic heterocycles. The number of quaternary nitrogens is 1. The molecule has 114 valence electrons. The smallest absolute Gasteiger partial charge is 0.311 e. The Morgan fingerprint density at radius 1 is 1.42 bits per heavy atom. The first-order chi connectivity index (χ1) is 9.12. The molecular formula is C13H28NO5+. The van der Waals surface area contributed by atoms with Crippen molar-refractivity contribution in [1.82, 2.24) is 0 Å². The van der Waals surface area contributed by atoms with Gasteiger partial charge in [-0.25, -0.2) is 0 Å². The number of ether oxygens (including phenoxy) is 2. The fourth-order valence-corrected chi connectivity index (χ4v) is 2.27. The highest BCUT2D eigenvalue weighted by Gasteiger charge is 2.33. The minimum atomic E-state index is -0.584. The molecule has 6 nitrogen and oxygen atoms in total. The average Bonchev–Trinajstić information content (AvgIpc) is 2.56. The van der Waals surface area contributed by atoms with Gasteiger partial charge in [-0.3, -0.25) is 4.79 Å². The maximum atomic E-state index is 11.2. The number of methoxy groups -OCH3 is 1. The minimum absolute atomic E-state index is 0.0356. The van der Waals surface area contributed by atoms with E-state index in [1.807, 2.05) is 13.8 Å². The van der Waals surface area contributed by atoms with E-state index in [2.05, 4.69) is 0 Å². The summed E-state index contributed by atoms with van der Waals surface area (Å²) in [6, 6.07) is 0. The third-order valence-corrected chi connectivity index (χ3v) is 3.15. The standard InChI is InChI=1S/C11H22NO5.C2H6/c1-16-9-10(14)8-12(4-6-13)3-2-11(15)17-7-5-12;1-2/h10,13-14H,2-9H2,1H3;1-2H3/q+1;. The summed E-state index contributed by atoms with van der Waals surface area (Å²) in [6.45, 7) is 6.88. The van der Waals surface area contributed by atoms with Crippen LogP contribution >= 0.6 is 0 Å². The number of esters is 1. The van der Waals surface area contributed by atoms with Crippen LogP contribution in [0.3, 0.4) is 0 Å². The second kappa shape index (κ2) is 10.1. The normalized spacial score (nSPS) is 24.8. The number of nitrogens with zero attached hydrogens (tertiary/aromatic N) is 1. The Balaban J connectivity index is 0.00000154. The number of carbonyl (C=O) groups excluding carboxylic acids is 1. The summed E-state index contributed by atoms with van der Waals surface area (Å²) >= 11 is 0. The van der Waals surface area contributed by atoms with E-state index in [0.717, 1.165) is 0 Å². The molecule has 0 bridgehead atoms. The first kappa shape index (κ1) is 18.3. The molecule has 0 spiro atoms. The fraction of sp³-hybridized carbons (Fsp3) is 0.923. The molecule has 0 aromatic rings. The van der Waals surface area contributed by atoms with Crippen molar-refractivity contribution in [2.45, 2.75) is 26.4 Å². The highest BCUT2D eigenvalue weighted by atomic mass is 16.5. The van der Waals surface area contributed by atoms with E-state index in [-0.39, 0.29) is 19.2 Å². The first-order valence-corrected chi connectivity index (χ1v) is 6.90. The van der Waals surface area contributed by atoms with Crippen LogP contribution in [0.15, 0.2) is 0 Å². The number of cyclic esters (lactones) is 1. The molecule has 0 radical (unpaired) electrons. The van der Waals surface area contributed by atoms with Gasteiger partial charge in [0.1, 0.15) is 32.3 Å².